The molecule has 1 atom stereocenters. The minimum Gasteiger partial charge on any atom is -0.372 e. The Morgan fingerprint density at radius 1 is 1.22 bits per heavy atom. The number of hydrogen-bond acceptors (Lipinski definition) is 4. The average Bonchev–Trinajstić information content (AvgIpc) is 2.42. The molecule has 0 aliphatic heterocycles. The zero-order valence-electron chi connectivity index (χ0n) is 11.8. The van der Waals surface area contributed by atoms with E-state index in [0.29, 0.717) is 12.7 Å². The van der Waals surface area contributed by atoms with Gasteiger partial charge in [0.15, 0.2) is 0 Å². The van der Waals surface area contributed by atoms with Crippen LogP contribution in [0.15, 0.2) is 12.4 Å². The molecule has 0 saturated heterocycles. The van der Waals surface area contributed by atoms with Gasteiger partial charge in [0, 0.05) is 7.05 Å². The van der Waals surface area contributed by atoms with Gasteiger partial charge in [-0.25, -0.2) is 4.98 Å². The van der Waals surface area contributed by atoms with E-state index in [1.165, 1.54) is 25.7 Å². The molecular formula is C14H25N3O. The smallest absolute Gasteiger partial charge is 0.144 e. The third kappa shape index (κ3) is 5.96. The number of anilines is 1. The van der Waals surface area contributed by atoms with Gasteiger partial charge in [-0.15, -0.1) is 0 Å². The van der Waals surface area contributed by atoms with Crippen LogP contribution in [0.2, 0.25) is 0 Å². The SMILES string of the molecule is CCCCCCC(C)OCc1cnc(NC)cn1. The minimum atomic E-state index is 0.299. The van der Waals surface area contributed by atoms with E-state index in [1.54, 1.807) is 12.4 Å². The van der Waals surface area contributed by atoms with Gasteiger partial charge in [-0.3, -0.25) is 4.98 Å². The molecular weight excluding hydrogens is 226 g/mol. The van der Waals surface area contributed by atoms with Crippen molar-refractivity contribution in [3.8, 4) is 0 Å². The lowest BCUT2D eigenvalue weighted by Gasteiger charge is -2.12. The maximum atomic E-state index is 5.76. The highest BCUT2D eigenvalue weighted by molar-refractivity contribution is 5.29. The largest absolute Gasteiger partial charge is 0.372 e. The fourth-order valence-corrected chi connectivity index (χ4v) is 1.73. The molecule has 0 spiro atoms. The molecule has 0 saturated carbocycles. The molecule has 0 fully saturated rings. The Labute approximate surface area is 110 Å². The van der Waals surface area contributed by atoms with Gasteiger partial charge < -0.3 is 10.1 Å². The molecule has 4 heteroatoms. The fourth-order valence-electron chi connectivity index (χ4n) is 1.73. The molecule has 1 rings (SSSR count). The first-order valence-corrected chi connectivity index (χ1v) is 6.86. The standard InChI is InChI=1S/C14H25N3O/c1-4-5-6-7-8-12(2)18-11-13-9-17-14(15-3)10-16-13/h9-10,12H,4-8,11H2,1-3H3,(H,15,17). The van der Waals surface area contributed by atoms with Gasteiger partial charge in [-0.2, -0.15) is 0 Å². The van der Waals surface area contributed by atoms with E-state index in [2.05, 4.69) is 29.1 Å². The molecule has 0 aliphatic rings. The van der Waals surface area contributed by atoms with Crippen molar-refractivity contribution in [1.82, 2.24) is 9.97 Å². The number of hydrogen-bond donors (Lipinski definition) is 1. The first kappa shape index (κ1) is 14.9. The monoisotopic (exact) mass is 251 g/mol. The van der Waals surface area contributed by atoms with Crippen LogP contribution in [-0.2, 0) is 11.3 Å². The summed E-state index contributed by atoms with van der Waals surface area (Å²) >= 11 is 0. The zero-order chi connectivity index (χ0) is 13.2. The Balaban J connectivity index is 2.18. The van der Waals surface area contributed by atoms with Crippen molar-refractivity contribution in [2.75, 3.05) is 12.4 Å². The average molecular weight is 251 g/mol. The Hall–Kier alpha value is -1.16. The van der Waals surface area contributed by atoms with Crippen LogP contribution >= 0.6 is 0 Å². The van der Waals surface area contributed by atoms with E-state index in [1.807, 2.05) is 7.05 Å². The fraction of sp³-hybridized carbons (Fsp3) is 0.714. The van der Waals surface area contributed by atoms with E-state index in [9.17, 15) is 0 Å². The van der Waals surface area contributed by atoms with Crippen molar-refractivity contribution in [3.05, 3.63) is 18.1 Å². The van der Waals surface area contributed by atoms with Crippen molar-refractivity contribution >= 4 is 5.82 Å². The second kappa shape index (κ2) is 8.86. The van der Waals surface area contributed by atoms with Gasteiger partial charge in [0.1, 0.15) is 5.82 Å². The topological polar surface area (TPSA) is 47.0 Å². The number of aromatic nitrogens is 2. The van der Waals surface area contributed by atoms with Crippen LogP contribution in [-0.4, -0.2) is 23.1 Å². The second-order valence-electron chi connectivity index (χ2n) is 4.61. The zero-order valence-corrected chi connectivity index (χ0v) is 11.8. The van der Waals surface area contributed by atoms with E-state index >= 15 is 0 Å². The summed E-state index contributed by atoms with van der Waals surface area (Å²) in [6, 6.07) is 0. The first-order chi connectivity index (χ1) is 8.76. The van der Waals surface area contributed by atoms with Crippen LogP contribution < -0.4 is 5.32 Å². The molecule has 0 amide bonds. The van der Waals surface area contributed by atoms with Gasteiger partial charge in [-0.1, -0.05) is 32.6 Å². The summed E-state index contributed by atoms with van der Waals surface area (Å²) in [6.07, 6.45) is 10.1. The third-order valence-corrected chi connectivity index (χ3v) is 2.94. The number of ether oxygens (including phenoxy) is 1. The van der Waals surface area contributed by atoms with E-state index < -0.39 is 0 Å². The molecule has 0 aromatic carbocycles. The molecule has 4 nitrogen and oxygen atoms in total. The van der Waals surface area contributed by atoms with Crippen LogP contribution in [0.25, 0.3) is 0 Å². The van der Waals surface area contributed by atoms with Gasteiger partial charge in [-0.05, 0) is 13.3 Å². The normalized spacial score (nSPS) is 12.4. The lowest BCUT2D eigenvalue weighted by molar-refractivity contribution is 0.0438. The van der Waals surface area contributed by atoms with Crippen LogP contribution in [0, 0.1) is 0 Å². The minimum absolute atomic E-state index is 0.299. The highest BCUT2D eigenvalue weighted by atomic mass is 16.5. The summed E-state index contributed by atoms with van der Waals surface area (Å²) in [4.78, 5) is 8.49. The molecule has 0 radical (unpaired) electrons. The van der Waals surface area contributed by atoms with Crippen molar-refractivity contribution in [1.29, 1.82) is 0 Å². The van der Waals surface area contributed by atoms with Crippen molar-refractivity contribution in [2.45, 2.75) is 58.7 Å². The summed E-state index contributed by atoms with van der Waals surface area (Å²) in [7, 11) is 1.83. The summed E-state index contributed by atoms with van der Waals surface area (Å²) in [5.41, 5.74) is 0.884. The summed E-state index contributed by atoms with van der Waals surface area (Å²) in [5, 5.41) is 2.94. The van der Waals surface area contributed by atoms with Crippen LogP contribution in [0.5, 0.6) is 0 Å². The molecule has 102 valence electrons. The molecule has 0 bridgehead atoms. The van der Waals surface area contributed by atoms with E-state index in [4.69, 9.17) is 4.74 Å². The maximum Gasteiger partial charge on any atom is 0.144 e. The summed E-state index contributed by atoms with van der Waals surface area (Å²) in [5.74, 6) is 0.784. The Morgan fingerprint density at radius 3 is 2.67 bits per heavy atom. The molecule has 1 unspecified atom stereocenters. The highest BCUT2D eigenvalue weighted by Crippen LogP contribution is 2.10. The van der Waals surface area contributed by atoms with Crippen molar-refractivity contribution < 1.29 is 4.74 Å². The number of nitrogens with zero attached hydrogens (tertiary/aromatic N) is 2. The lowest BCUT2D eigenvalue weighted by atomic mass is 10.1. The highest BCUT2D eigenvalue weighted by Gasteiger charge is 2.03. The molecule has 1 heterocycles. The van der Waals surface area contributed by atoms with Crippen molar-refractivity contribution in [2.24, 2.45) is 0 Å². The van der Waals surface area contributed by atoms with Gasteiger partial charge >= 0.3 is 0 Å². The van der Waals surface area contributed by atoms with Crippen LogP contribution in [0.3, 0.4) is 0 Å². The van der Waals surface area contributed by atoms with E-state index in [-0.39, 0.29) is 0 Å². The van der Waals surface area contributed by atoms with E-state index in [0.717, 1.165) is 17.9 Å². The third-order valence-electron chi connectivity index (χ3n) is 2.94. The predicted octanol–water partition coefficient (Wildman–Crippen LogP) is 3.39. The Kier molecular flexibility index (Phi) is 7.34. The Bertz CT molecular complexity index is 313. The predicted molar refractivity (Wildman–Crippen MR) is 74.6 cm³/mol. The Morgan fingerprint density at radius 2 is 2.06 bits per heavy atom. The summed E-state index contributed by atoms with van der Waals surface area (Å²) < 4.78 is 5.76. The van der Waals surface area contributed by atoms with Crippen LogP contribution in [0.4, 0.5) is 5.82 Å². The molecule has 18 heavy (non-hydrogen) atoms. The first-order valence-electron chi connectivity index (χ1n) is 6.86. The number of unbranched alkanes of at least 4 members (excludes halogenated alkanes) is 3. The van der Waals surface area contributed by atoms with Crippen LogP contribution in [0.1, 0.15) is 51.6 Å². The molecule has 0 aliphatic carbocycles. The summed E-state index contributed by atoms with van der Waals surface area (Å²) in [6.45, 7) is 4.90. The van der Waals surface area contributed by atoms with Gasteiger partial charge in [0.2, 0.25) is 0 Å². The van der Waals surface area contributed by atoms with Crippen molar-refractivity contribution in [3.63, 3.8) is 0 Å². The number of nitrogens with one attached hydrogen (secondary N) is 1. The number of rotatable bonds is 9. The molecule has 1 N–H and O–H groups in total. The van der Waals surface area contributed by atoms with Gasteiger partial charge in [0.05, 0.1) is 30.8 Å². The van der Waals surface area contributed by atoms with Gasteiger partial charge in [0.25, 0.3) is 0 Å². The lowest BCUT2D eigenvalue weighted by Crippen LogP contribution is -2.09. The second-order valence-corrected chi connectivity index (χ2v) is 4.61. The molecule has 1 aromatic heterocycles. The maximum absolute atomic E-state index is 5.76. The molecule has 1 aromatic rings. The quantitative estimate of drug-likeness (QED) is 0.683.